The van der Waals surface area contributed by atoms with Crippen LogP contribution in [0.3, 0.4) is 0 Å². The number of fused-ring (bicyclic) bond motifs is 1. The minimum Gasteiger partial charge on any atom is -0.378 e. The van der Waals surface area contributed by atoms with E-state index in [4.69, 9.17) is 9.47 Å². The molecule has 7 nitrogen and oxygen atoms in total. The lowest BCUT2D eigenvalue weighted by Gasteiger charge is -2.33. The zero-order chi connectivity index (χ0) is 15.8. The van der Waals surface area contributed by atoms with E-state index < -0.39 is 0 Å². The predicted molar refractivity (Wildman–Crippen MR) is 85.6 cm³/mol. The van der Waals surface area contributed by atoms with Gasteiger partial charge in [0.2, 0.25) is 5.13 Å². The van der Waals surface area contributed by atoms with Crippen LogP contribution in [0.15, 0.2) is 0 Å². The monoisotopic (exact) mass is 338 g/mol. The highest BCUT2D eigenvalue weighted by Crippen LogP contribution is 2.36. The van der Waals surface area contributed by atoms with Gasteiger partial charge in [0.1, 0.15) is 11.1 Å². The van der Waals surface area contributed by atoms with E-state index in [-0.39, 0.29) is 18.1 Å². The number of carbonyl (C=O) groups excluding carboxylic acids is 1. The fourth-order valence-corrected chi connectivity index (χ4v) is 4.39. The number of hydrogen-bond donors (Lipinski definition) is 0. The number of nitrogens with zero attached hydrogens (tertiary/aromatic N) is 4. The first-order chi connectivity index (χ1) is 11.2. The molecule has 0 aromatic carbocycles. The van der Waals surface area contributed by atoms with E-state index in [1.165, 1.54) is 0 Å². The molecule has 23 heavy (non-hydrogen) atoms. The molecule has 4 rings (SSSR count). The number of piperidine rings is 1. The Morgan fingerprint density at radius 2 is 2.09 bits per heavy atom. The Kier molecular flexibility index (Phi) is 4.21. The van der Waals surface area contributed by atoms with Gasteiger partial charge in [-0.15, -0.1) is 10.2 Å². The van der Waals surface area contributed by atoms with Gasteiger partial charge in [-0.1, -0.05) is 11.3 Å². The van der Waals surface area contributed by atoms with Gasteiger partial charge in [-0.25, -0.2) is 0 Å². The van der Waals surface area contributed by atoms with Crippen LogP contribution in [-0.2, 0) is 14.3 Å². The molecule has 1 amide bonds. The van der Waals surface area contributed by atoms with Crippen molar-refractivity contribution >= 4 is 22.4 Å². The summed E-state index contributed by atoms with van der Waals surface area (Å²) in [5.74, 6) is 0.622. The maximum atomic E-state index is 12.6. The molecule has 1 aromatic heterocycles. The molecular formula is C15H22N4O3S. The third kappa shape index (κ3) is 3.07. The highest BCUT2D eigenvalue weighted by atomic mass is 32.1. The van der Waals surface area contributed by atoms with Crippen LogP contribution in [0.4, 0.5) is 5.13 Å². The molecule has 0 aliphatic carbocycles. The molecule has 3 atom stereocenters. The average molecular weight is 338 g/mol. The van der Waals surface area contributed by atoms with Gasteiger partial charge < -0.3 is 19.3 Å². The third-order valence-electron chi connectivity index (χ3n) is 4.94. The summed E-state index contributed by atoms with van der Waals surface area (Å²) in [6, 6.07) is 0. The summed E-state index contributed by atoms with van der Waals surface area (Å²) in [6.07, 6.45) is 1.75. The highest BCUT2D eigenvalue weighted by molar-refractivity contribution is 7.15. The molecule has 4 heterocycles. The lowest BCUT2D eigenvalue weighted by atomic mass is 9.92. The fourth-order valence-electron chi connectivity index (χ4n) is 3.66. The lowest BCUT2D eigenvalue weighted by Crippen LogP contribution is -2.46. The van der Waals surface area contributed by atoms with Gasteiger partial charge >= 0.3 is 0 Å². The summed E-state index contributed by atoms with van der Waals surface area (Å²) in [5, 5.41) is 10.3. The first kappa shape index (κ1) is 15.3. The molecule has 3 aliphatic rings. The maximum Gasteiger partial charge on any atom is 0.251 e. The minimum atomic E-state index is -0.279. The second-order valence-corrected chi connectivity index (χ2v) is 7.60. The van der Waals surface area contributed by atoms with Gasteiger partial charge in [0.25, 0.3) is 5.91 Å². The Bertz CT molecular complexity index is 575. The zero-order valence-electron chi connectivity index (χ0n) is 13.3. The number of anilines is 1. The normalized spacial score (nSPS) is 31.3. The quantitative estimate of drug-likeness (QED) is 0.790. The molecule has 0 spiro atoms. The number of hydrogen-bond acceptors (Lipinski definition) is 7. The van der Waals surface area contributed by atoms with E-state index in [1.54, 1.807) is 11.3 Å². The molecular weight excluding hydrogens is 316 g/mol. The standard InChI is InChI=1S/C15H22N4O3S/c1-10-16-17-15(23-10)19-3-2-11-8-12(22-13(11)9-19)14(20)18-4-6-21-7-5-18/h11-13H,2-9H2,1H3/t11-,12-,13+/m1/s1. The SMILES string of the molecule is Cc1nnc(N2CC[C@@H]3C[C@H](C(=O)N4CCOCC4)O[C@H]3C2)s1. The smallest absolute Gasteiger partial charge is 0.251 e. The van der Waals surface area contributed by atoms with Crippen LogP contribution in [0.5, 0.6) is 0 Å². The molecule has 126 valence electrons. The minimum absolute atomic E-state index is 0.128. The molecule has 0 N–H and O–H groups in total. The van der Waals surface area contributed by atoms with Crippen LogP contribution in [0, 0.1) is 12.8 Å². The molecule has 3 fully saturated rings. The summed E-state index contributed by atoms with van der Waals surface area (Å²) in [4.78, 5) is 16.7. The maximum absolute atomic E-state index is 12.6. The van der Waals surface area contributed by atoms with E-state index in [2.05, 4.69) is 15.1 Å². The second-order valence-electron chi connectivity index (χ2n) is 6.43. The van der Waals surface area contributed by atoms with Crippen molar-refractivity contribution in [1.29, 1.82) is 0 Å². The van der Waals surface area contributed by atoms with E-state index in [0.717, 1.165) is 36.1 Å². The largest absolute Gasteiger partial charge is 0.378 e. The molecule has 0 unspecified atom stereocenters. The number of ether oxygens (including phenoxy) is 2. The van der Waals surface area contributed by atoms with Crippen molar-refractivity contribution in [3.05, 3.63) is 5.01 Å². The van der Waals surface area contributed by atoms with Crippen LogP contribution in [0.1, 0.15) is 17.8 Å². The molecule has 3 aliphatic heterocycles. The zero-order valence-corrected chi connectivity index (χ0v) is 14.1. The highest BCUT2D eigenvalue weighted by Gasteiger charge is 2.43. The number of morpholine rings is 1. The number of amides is 1. The number of aryl methyl sites for hydroxylation is 1. The van der Waals surface area contributed by atoms with Crippen LogP contribution < -0.4 is 4.90 Å². The van der Waals surface area contributed by atoms with E-state index in [9.17, 15) is 4.79 Å². The van der Waals surface area contributed by atoms with Crippen LogP contribution in [-0.4, -0.2) is 72.6 Å². The summed E-state index contributed by atoms with van der Waals surface area (Å²) in [7, 11) is 0. The number of rotatable bonds is 2. The van der Waals surface area contributed by atoms with E-state index in [0.29, 0.717) is 32.2 Å². The Labute approximate surface area is 139 Å². The lowest BCUT2D eigenvalue weighted by molar-refractivity contribution is -0.146. The second kappa shape index (κ2) is 6.33. The number of aromatic nitrogens is 2. The molecule has 8 heteroatoms. The van der Waals surface area contributed by atoms with Gasteiger partial charge in [-0.3, -0.25) is 4.79 Å². The van der Waals surface area contributed by atoms with Gasteiger partial charge in [-0.2, -0.15) is 0 Å². The third-order valence-corrected chi connectivity index (χ3v) is 5.84. The van der Waals surface area contributed by atoms with Crippen molar-refractivity contribution in [2.75, 3.05) is 44.3 Å². The van der Waals surface area contributed by atoms with Crippen molar-refractivity contribution < 1.29 is 14.3 Å². The van der Waals surface area contributed by atoms with E-state index in [1.807, 2.05) is 11.8 Å². The van der Waals surface area contributed by atoms with Crippen molar-refractivity contribution in [1.82, 2.24) is 15.1 Å². The summed E-state index contributed by atoms with van der Waals surface area (Å²) in [5.41, 5.74) is 0. The molecule has 0 bridgehead atoms. The molecule has 1 aromatic rings. The Balaban J connectivity index is 1.38. The topological polar surface area (TPSA) is 67.8 Å². The van der Waals surface area contributed by atoms with Gasteiger partial charge in [0, 0.05) is 26.2 Å². The van der Waals surface area contributed by atoms with Crippen molar-refractivity contribution in [2.24, 2.45) is 5.92 Å². The molecule has 0 radical (unpaired) electrons. The Morgan fingerprint density at radius 3 is 2.83 bits per heavy atom. The van der Waals surface area contributed by atoms with Gasteiger partial charge in [0.05, 0.1) is 19.3 Å². The first-order valence-corrected chi connectivity index (χ1v) is 9.09. The van der Waals surface area contributed by atoms with E-state index >= 15 is 0 Å². The number of carbonyl (C=O) groups is 1. The van der Waals surface area contributed by atoms with Crippen molar-refractivity contribution in [3.8, 4) is 0 Å². The van der Waals surface area contributed by atoms with Crippen LogP contribution in [0.25, 0.3) is 0 Å². The molecule has 0 saturated carbocycles. The average Bonchev–Trinajstić information content (AvgIpc) is 3.20. The Morgan fingerprint density at radius 1 is 1.26 bits per heavy atom. The summed E-state index contributed by atoms with van der Waals surface area (Å²) >= 11 is 1.62. The summed E-state index contributed by atoms with van der Waals surface area (Å²) < 4.78 is 11.4. The predicted octanol–water partition coefficient (Wildman–Crippen LogP) is 0.689. The summed E-state index contributed by atoms with van der Waals surface area (Å²) in [6.45, 7) is 6.39. The van der Waals surface area contributed by atoms with Gasteiger partial charge in [0.15, 0.2) is 0 Å². The fraction of sp³-hybridized carbons (Fsp3) is 0.800. The molecule has 3 saturated heterocycles. The van der Waals surface area contributed by atoms with Crippen molar-refractivity contribution in [3.63, 3.8) is 0 Å². The van der Waals surface area contributed by atoms with Gasteiger partial charge in [-0.05, 0) is 25.7 Å². The Hall–Kier alpha value is -1.25. The first-order valence-electron chi connectivity index (χ1n) is 8.28. The van der Waals surface area contributed by atoms with Crippen LogP contribution >= 0.6 is 11.3 Å². The van der Waals surface area contributed by atoms with Crippen molar-refractivity contribution in [2.45, 2.75) is 32.0 Å². The van der Waals surface area contributed by atoms with Crippen LogP contribution in [0.2, 0.25) is 0 Å².